The number of nitrogens with zero attached hydrogens (tertiary/aromatic N) is 3. The van der Waals surface area contributed by atoms with Gasteiger partial charge in [-0.1, -0.05) is 24.3 Å². The fourth-order valence-corrected chi connectivity index (χ4v) is 4.33. The van der Waals surface area contributed by atoms with E-state index in [0.29, 0.717) is 12.1 Å². The van der Waals surface area contributed by atoms with Gasteiger partial charge in [-0.2, -0.15) is 0 Å². The number of benzene rings is 1. The second-order valence-electron chi connectivity index (χ2n) is 7.62. The van der Waals surface area contributed by atoms with Crippen LogP contribution in [0, 0.1) is 12.8 Å². The zero-order chi connectivity index (χ0) is 19.6. The summed E-state index contributed by atoms with van der Waals surface area (Å²) in [5, 5.41) is 6.45. The van der Waals surface area contributed by atoms with Crippen molar-refractivity contribution in [1.29, 1.82) is 0 Å². The van der Waals surface area contributed by atoms with Crippen LogP contribution in [-0.4, -0.2) is 45.4 Å². The number of rotatable bonds is 5. The molecule has 0 unspecified atom stereocenters. The normalized spacial score (nSPS) is 23.1. The lowest BCUT2D eigenvalue weighted by Crippen LogP contribution is -2.57. The molecule has 2 saturated heterocycles. The zero-order valence-electron chi connectivity index (χ0n) is 16.0. The standard InChI is InChI=1S/C21H25N5O2/c1-15-4-2-3-5-16(15)12-21(17-6-8-22-9-7-17)19(27)26(20(28)25-21)14-18-13-23-10-11-24-18/h2-5,10-11,13,17,22H,6-9,12,14H2,1H3,(H,25,28)/t21-/m1/s1. The maximum absolute atomic E-state index is 13.6. The molecule has 4 rings (SSSR count). The van der Waals surface area contributed by atoms with Gasteiger partial charge in [-0.15, -0.1) is 0 Å². The number of imide groups is 1. The van der Waals surface area contributed by atoms with E-state index in [1.54, 1.807) is 18.6 Å². The van der Waals surface area contributed by atoms with Gasteiger partial charge in [0, 0.05) is 18.8 Å². The molecule has 7 heteroatoms. The molecule has 1 atom stereocenters. The first-order chi connectivity index (χ1) is 13.6. The third kappa shape index (κ3) is 3.38. The predicted molar refractivity (Wildman–Crippen MR) is 104 cm³/mol. The number of urea groups is 1. The maximum Gasteiger partial charge on any atom is 0.325 e. The second kappa shape index (κ2) is 7.67. The highest BCUT2D eigenvalue weighted by Crippen LogP contribution is 2.36. The highest BCUT2D eigenvalue weighted by atomic mass is 16.2. The van der Waals surface area contributed by atoms with Gasteiger partial charge in [0.15, 0.2) is 0 Å². The SMILES string of the molecule is Cc1ccccc1C[C@]1(C2CCNCC2)NC(=O)N(Cc2cnccn2)C1=O. The van der Waals surface area contributed by atoms with Gasteiger partial charge in [0.2, 0.25) is 0 Å². The predicted octanol–water partition coefficient (Wildman–Crippen LogP) is 1.82. The number of carbonyl (C=O) groups is 2. The molecule has 0 saturated carbocycles. The van der Waals surface area contributed by atoms with Crippen molar-refractivity contribution in [1.82, 2.24) is 25.5 Å². The molecule has 1 aromatic carbocycles. The van der Waals surface area contributed by atoms with Crippen LogP contribution in [-0.2, 0) is 17.8 Å². The van der Waals surface area contributed by atoms with Crippen LogP contribution in [0.5, 0.6) is 0 Å². The minimum absolute atomic E-state index is 0.0941. The molecule has 2 aliphatic heterocycles. The Morgan fingerprint density at radius 3 is 2.68 bits per heavy atom. The van der Waals surface area contributed by atoms with E-state index in [-0.39, 0.29) is 24.4 Å². The van der Waals surface area contributed by atoms with Crippen LogP contribution < -0.4 is 10.6 Å². The van der Waals surface area contributed by atoms with Gasteiger partial charge in [0.05, 0.1) is 18.4 Å². The van der Waals surface area contributed by atoms with Crippen LogP contribution in [0.15, 0.2) is 42.9 Å². The van der Waals surface area contributed by atoms with Crippen LogP contribution in [0.3, 0.4) is 0 Å². The molecule has 3 heterocycles. The molecule has 0 bridgehead atoms. The fraction of sp³-hybridized carbons (Fsp3) is 0.429. The maximum atomic E-state index is 13.6. The zero-order valence-corrected chi connectivity index (χ0v) is 16.0. The minimum atomic E-state index is -0.909. The molecule has 0 aliphatic carbocycles. The Balaban J connectivity index is 1.68. The summed E-state index contributed by atoms with van der Waals surface area (Å²) < 4.78 is 0. The van der Waals surface area contributed by atoms with Crippen LogP contribution in [0.25, 0.3) is 0 Å². The Morgan fingerprint density at radius 1 is 1.18 bits per heavy atom. The van der Waals surface area contributed by atoms with E-state index in [0.717, 1.165) is 37.1 Å². The van der Waals surface area contributed by atoms with Gasteiger partial charge in [0.25, 0.3) is 5.91 Å². The molecule has 7 nitrogen and oxygen atoms in total. The molecule has 2 fully saturated rings. The number of nitrogens with one attached hydrogen (secondary N) is 2. The summed E-state index contributed by atoms with van der Waals surface area (Å²) in [5.74, 6) is -0.0602. The summed E-state index contributed by atoms with van der Waals surface area (Å²) in [5.41, 5.74) is 1.91. The Hall–Kier alpha value is -2.80. The van der Waals surface area contributed by atoms with Gasteiger partial charge in [-0.25, -0.2) is 4.79 Å². The summed E-state index contributed by atoms with van der Waals surface area (Å²) >= 11 is 0. The largest absolute Gasteiger partial charge is 0.325 e. The number of piperidine rings is 1. The van der Waals surface area contributed by atoms with Crippen molar-refractivity contribution in [2.24, 2.45) is 5.92 Å². The smallest absolute Gasteiger partial charge is 0.322 e. The van der Waals surface area contributed by atoms with Crippen molar-refractivity contribution in [2.45, 2.75) is 38.3 Å². The van der Waals surface area contributed by atoms with Gasteiger partial charge >= 0.3 is 6.03 Å². The van der Waals surface area contributed by atoms with Crippen molar-refractivity contribution >= 4 is 11.9 Å². The molecular formula is C21H25N5O2. The second-order valence-corrected chi connectivity index (χ2v) is 7.62. The Kier molecular flexibility index (Phi) is 5.09. The first-order valence-electron chi connectivity index (χ1n) is 9.74. The average Bonchev–Trinajstić information content (AvgIpc) is 2.96. The lowest BCUT2D eigenvalue weighted by Gasteiger charge is -2.38. The minimum Gasteiger partial charge on any atom is -0.322 e. The first kappa shape index (κ1) is 18.6. The summed E-state index contributed by atoms with van der Waals surface area (Å²) in [6, 6.07) is 7.72. The topological polar surface area (TPSA) is 87.2 Å². The van der Waals surface area contributed by atoms with Crippen LogP contribution >= 0.6 is 0 Å². The number of aromatic nitrogens is 2. The number of hydrogen-bond acceptors (Lipinski definition) is 5. The molecular weight excluding hydrogens is 354 g/mol. The van der Waals surface area contributed by atoms with Crippen LogP contribution in [0.4, 0.5) is 4.79 Å². The third-order valence-electron chi connectivity index (χ3n) is 5.91. The summed E-state index contributed by atoms with van der Waals surface area (Å²) in [4.78, 5) is 36.0. The van der Waals surface area contributed by atoms with E-state index in [9.17, 15) is 9.59 Å². The van der Waals surface area contributed by atoms with Crippen LogP contribution in [0.1, 0.15) is 29.7 Å². The highest BCUT2D eigenvalue weighted by molar-refractivity contribution is 6.07. The quantitative estimate of drug-likeness (QED) is 0.774. The fourth-order valence-electron chi connectivity index (χ4n) is 4.33. The van der Waals surface area contributed by atoms with E-state index in [4.69, 9.17) is 0 Å². The van der Waals surface area contributed by atoms with E-state index in [1.807, 2.05) is 31.2 Å². The van der Waals surface area contributed by atoms with E-state index in [2.05, 4.69) is 20.6 Å². The molecule has 146 valence electrons. The van der Waals surface area contributed by atoms with E-state index in [1.165, 1.54) is 4.90 Å². The van der Waals surface area contributed by atoms with Crippen molar-refractivity contribution in [3.8, 4) is 0 Å². The molecule has 2 aliphatic rings. The molecule has 1 aromatic heterocycles. The lowest BCUT2D eigenvalue weighted by atomic mass is 9.73. The van der Waals surface area contributed by atoms with Crippen molar-refractivity contribution < 1.29 is 9.59 Å². The van der Waals surface area contributed by atoms with Crippen LogP contribution in [0.2, 0.25) is 0 Å². The molecule has 0 spiro atoms. The molecule has 28 heavy (non-hydrogen) atoms. The lowest BCUT2D eigenvalue weighted by molar-refractivity contribution is -0.134. The molecule has 2 N–H and O–H groups in total. The van der Waals surface area contributed by atoms with E-state index >= 15 is 0 Å². The number of amides is 3. The van der Waals surface area contributed by atoms with Gasteiger partial charge in [0.1, 0.15) is 5.54 Å². The number of carbonyl (C=O) groups excluding carboxylic acids is 2. The molecule has 0 radical (unpaired) electrons. The highest BCUT2D eigenvalue weighted by Gasteiger charge is 2.55. The van der Waals surface area contributed by atoms with Gasteiger partial charge in [-0.3, -0.25) is 19.7 Å². The summed E-state index contributed by atoms with van der Waals surface area (Å²) in [6.07, 6.45) is 6.96. The summed E-state index contributed by atoms with van der Waals surface area (Å²) in [6.45, 7) is 3.89. The number of hydrogen-bond donors (Lipinski definition) is 2. The molecule has 2 aromatic rings. The summed E-state index contributed by atoms with van der Waals surface area (Å²) in [7, 11) is 0. The van der Waals surface area contributed by atoms with Crippen molar-refractivity contribution in [3.63, 3.8) is 0 Å². The van der Waals surface area contributed by atoms with E-state index < -0.39 is 5.54 Å². The Morgan fingerprint density at radius 2 is 1.96 bits per heavy atom. The average molecular weight is 379 g/mol. The third-order valence-corrected chi connectivity index (χ3v) is 5.91. The first-order valence-corrected chi connectivity index (χ1v) is 9.74. The van der Waals surface area contributed by atoms with Gasteiger partial charge < -0.3 is 10.6 Å². The number of aryl methyl sites for hydroxylation is 1. The van der Waals surface area contributed by atoms with Crippen molar-refractivity contribution in [3.05, 3.63) is 59.7 Å². The molecule has 3 amide bonds. The van der Waals surface area contributed by atoms with Crippen molar-refractivity contribution in [2.75, 3.05) is 13.1 Å². The Bertz CT molecular complexity index is 866. The van der Waals surface area contributed by atoms with Gasteiger partial charge in [-0.05, 0) is 49.9 Å². The Labute approximate surface area is 164 Å². The monoisotopic (exact) mass is 379 g/mol.